The first-order chi connectivity index (χ1) is 12.4. The summed E-state index contributed by atoms with van der Waals surface area (Å²) in [6, 6.07) is 7.52. The predicted octanol–water partition coefficient (Wildman–Crippen LogP) is 2.79. The van der Waals surface area contributed by atoms with Crippen LogP contribution in [0.15, 0.2) is 48.7 Å². The van der Waals surface area contributed by atoms with Gasteiger partial charge in [-0.15, -0.1) is 6.58 Å². The van der Waals surface area contributed by atoms with Crippen molar-refractivity contribution >= 4 is 22.7 Å². The van der Waals surface area contributed by atoms with Crippen LogP contribution in [0.1, 0.15) is 31.5 Å². The van der Waals surface area contributed by atoms with Gasteiger partial charge in [-0.25, -0.2) is 0 Å². The Balaban J connectivity index is 1.76. The van der Waals surface area contributed by atoms with Gasteiger partial charge in [0.15, 0.2) is 0 Å². The molecule has 1 aromatic carbocycles. The van der Waals surface area contributed by atoms with Crippen molar-refractivity contribution in [2.45, 2.75) is 38.1 Å². The normalized spacial score (nSPS) is 20.2. The highest BCUT2D eigenvalue weighted by Crippen LogP contribution is 2.34. The van der Waals surface area contributed by atoms with E-state index in [0.717, 1.165) is 28.6 Å². The fraction of sp³-hybridized carbons (Fsp3) is 0.333. The Morgan fingerprint density at radius 3 is 2.85 bits per heavy atom. The van der Waals surface area contributed by atoms with E-state index in [0.29, 0.717) is 18.7 Å². The number of fused-ring (bicyclic) bond motifs is 2. The van der Waals surface area contributed by atoms with Crippen molar-refractivity contribution in [1.82, 2.24) is 15.2 Å². The van der Waals surface area contributed by atoms with Crippen LogP contribution in [0.3, 0.4) is 0 Å². The molecule has 3 heterocycles. The standard InChI is InChI=1S/C21H23N3O2/c1-4-21(2,3)18-14(13-8-5-6-9-15(13)22-18)12-16-20(26)24-11-7-10-17(24)19(25)23-16/h4-6,8-10,16,22H,1,7,11-12H2,2-3H3,(H,23,25)/t16-/m0/s1. The van der Waals surface area contributed by atoms with E-state index >= 15 is 0 Å². The smallest absolute Gasteiger partial charge is 0.268 e. The molecule has 2 aromatic rings. The Hall–Kier alpha value is -2.82. The molecule has 0 radical (unpaired) electrons. The molecule has 1 fully saturated rings. The molecule has 0 unspecified atom stereocenters. The predicted molar refractivity (Wildman–Crippen MR) is 102 cm³/mol. The van der Waals surface area contributed by atoms with Crippen molar-refractivity contribution in [3.05, 3.63) is 60.0 Å². The van der Waals surface area contributed by atoms with Crippen LogP contribution in [-0.4, -0.2) is 34.3 Å². The molecule has 0 bridgehead atoms. The van der Waals surface area contributed by atoms with Crippen LogP contribution < -0.4 is 5.32 Å². The molecule has 4 rings (SSSR count). The monoisotopic (exact) mass is 349 g/mol. The van der Waals surface area contributed by atoms with E-state index in [1.54, 1.807) is 4.90 Å². The van der Waals surface area contributed by atoms with Crippen LogP contribution in [0.2, 0.25) is 0 Å². The molecular formula is C21H23N3O2. The maximum Gasteiger partial charge on any atom is 0.268 e. The van der Waals surface area contributed by atoms with Crippen molar-refractivity contribution in [2.75, 3.05) is 6.54 Å². The van der Waals surface area contributed by atoms with Crippen LogP contribution in [-0.2, 0) is 21.4 Å². The lowest BCUT2D eigenvalue weighted by molar-refractivity contribution is -0.139. The average Bonchev–Trinajstić information content (AvgIpc) is 3.25. The highest BCUT2D eigenvalue weighted by molar-refractivity contribution is 6.05. The van der Waals surface area contributed by atoms with E-state index in [1.165, 1.54) is 0 Å². The van der Waals surface area contributed by atoms with Gasteiger partial charge in [0.2, 0.25) is 5.91 Å². The SMILES string of the molecule is C=CC(C)(C)c1[nH]c2ccccc2c1C[C@@H]1NC(=O)C2=CCCN2C1=O. The zero-order valence-electron chi connectivity index (χ0n) is 15.1. The topological polar surface area (TPSA) is 65.2 Å². The highest BCUT2D eigenvalue weighted by Gasteiger charge is 2.39. The summed E-state index contributed by atoms with van der Waals surface area (Å²) in [7, 11) is 0. The van der Waals surface area contributed by atoms with Crippen LogP contribution in [0.4, 0.5) is 0 Å². The van der Waals surface area contributed by atoms with Crippen molar-refractivity contribution in [2.24, 2.45) is 0 Å². The molecule has 1 aromatic heterocycles. The molecule has 134 valence electrons. The number of para-hydroxylation sites is 1. The van der Waals surface area contributed by atoms with Crippen LogP contribution in [0.5, 0.6) is 0 Å². The number of aromatic nitrogens is 1. The lowest BCUT2D eigenvalue weighted by Gasteiger charge is -2.32. The fourth-order valence-electron chi connectivity index (χ4n) is 3.89. The third-order valence-electron chi connectivity index (χ3n) is 5.46. The van der Waals surface area contributed by atoms with Crippen molar-refractivity contribution in [3.63, 3.8) is 0 Å². The number of nitrogens with one attached hydrogen (secondary N) is 2. The number of nitrogens with zero attached hydrogens (tertiary/aromatic N) is 1. The summed E-state index contributed by atoms with van der Waals surface area (Å²) in [6.07, 6.45) is 4.94. The maximum atomic E-state index is 12.9. The zero-order valence-corrected chi connectivity index (χ0v) is 15.1. The number of rotatable bonds is 4. The van der Waals surface area contributed by atoms with Crippen molar-refractivity contribution < 1.29 is 9.59 Å². The van der Waals surface area contributed by atoms with E-state index in [-0.39, 0.29) is 17.2 Å². The quantitative estimate of drug-likeness (QED) is 0.834. The number of carbonyl (C=O) groups is 2. The summed E-state index contributed by atoms with van der Waals surface area (Å²) in [4.78, 5) is 30.4. The average molecular weight is 349 g/mol. The second kappa shape index (κ2) is 5.87. The fourth-order valence-corrected chi connectivity index (χ4v) is 3.89. The Kier molecular flexibility index (Phi) is 3.75. The summed E-state index contributed by atoms with van der Waals surface area (Å²) < 4.78 is 0. The largest absolute Gasteiger partial charge is 0.357 e. The minimum Gasteiger partial charge on any atom is -0.357 e. The van der Waals surface area contributed by atoms with Gasteiger partial charge in [0, 0.05) is 35.0 Å². The third kappa shape index (κ3) is 2.46. The van der Waals surface area contributed by atoms with Gasteiger partial charge >= 0.3 is 0 Å². The molecule has 2 N–H and O–H groups in total. The van der Waals surface area contributed by atoms with Gasteiger partial charge in [-0.2, -0.15) is 0 Å². The van der Waals surface area contributed by atoms with Crippen molar-refractivity contribution in [1.29, 1.82) is 0 Å². The first-order valence-electron chi connectivity index (χ1n) is 8.98. The molecular weight excluding hydrogens is 326 g/mol. The number of hydrogen-bond donors (Lipinski definition) is 2. The number of hydrogen-bond acceptors (Lipinski definition) is 2. The van der Waals surface area contributed by atoms with Gasteiger partial charge in [-0.3, -0.25) is 9.59 Å². The summed E-state index contributed by atoms with van der Waals surface area (Å²) in [5, 5.41) is 3.98. The number of H-pyrrole nitrogens is 1. The van der Waals surface area contributed by atoms with Crippen LogP contribution >= 0.6 is 0 Å². The van der Waals surface area contributed by atoms with Gasteiger partial charge in [-0.05, 0) is 18.1 Å². The minimum absolute atomic E-state index is 0.0269. The maximum absolute atomic E-state index is 12.9. The lowest BCUT2D eigenvalue weighted by atomic mass is 9.84. The summed E-state index contributed by atoms with van der Waals surface area (Å²) >= 11 is 0. The van der Waals surface area contributed by atoms with Gasteiger partial charge < -0.3 is 15.2 Å². The Morgan fingerprint density at radius 1 is 1.31 bits per heavy atom. The number of aromatic amines is 1. The molecule has 1 atom stereocenters. The first kappa shape index (κ1) is 16.6. The number of benzene rings is 1. The van der Waals surface area contributed by atoms with Gasteiger partial charge in [-0.1, -0.05) is 44.2 Å². The molecule has 2 aliphatic rings. The zero-order chi connectivity index (χ0) is 18.5. The second-order valence-electron chi connectivity index (χ2n) is 7.55. The minimum atomic E-state index is -0.545. The van der Waals surface area contributed by atoms with E-state index in [1.807, 2.05) is 30.4 Å². The molecule has 0 aliphatic carbocycles. The van der Waals surface area contributed by atoms with E-state index in [9.17, 15) is 9.59 Å². The summed E-state index contributed by atoms with van der Waals surface area (Å²) in [5.74, 6) is -0.183. The molecule has 1 saturated heterocycles. The second-order valence-corrected chi connectivity index (χ2v) is 7.55. The van der Waals surface area contributed by atoms with E-state index in [4.69, 9.17) is 0 Å². The van der Waals surface area contributed by atoms with Gasteiger partial charge in [0.1, 0.15) is 11.7 Å². The summed E-state index contributed by atoms with van der Waals surface area (Å²) in [5.41, 5.74) is 3.37. The van der Waals surface area contributed by atoms with Crippen LogP contribution in [0.25, 0.3) is 10.9 Å². The molecule has 5 heteroatoms. The van der Waals surface area contributed by atoms with E-state index < -0.39 is 6.04 Å². The van der Waals surface area contributed by atoms with Crippen molar-refractivity contribution in [3.8, 4) is 0 Å². The third-order valence-corrected chi connectivity index (χ3v) is 5.46. The summed E-state index contributed by atoms with van der Waals surface area (Å²) in [6.45, 7) is 8.75. The molecule has 0 saturated carbocycles. The van der Waals surface area contributed by atoms with Gasteiger partial charge in [0.05, 0.1) is 0 Å². The number of carbonyl (C=O) groups excluding carboxylic acids is 2. The number of piperazine rings is 1. The molecule has 0 spiro atoms. The Labute approximate surface area is 152 Å². The Bertz CT molecular complexity index is 951. The first-order valence-corrected chi connectivity index (χ1v) is 8.98. The lowest BCUT2D eigenvalue weighted by Crippen LogP contribution is -2.56. The van der Waals surface area contributed by atoms with Crippen LogP contribution in [0, 0.1) is 0 Å². The van der Waals surface area contributed by atoms with Gasteiger partial charge in [0.25, 0.3) is 5.91 Å². The van der Waals surface area contributed by atoms with E-state index in [2.05, 4.69) is 36.8 Å². The molecule has 5 nitrogen and oxygen atoms in total. The molecule has 26 heavy (non-hydrogen) atoms. The molecule has 2 aliphatic heterocycles. The molecule has 2 amide bonds. The highest BCUT2D eigenvalue weighted by atomic mass is 16.2. The Morgan fingerprint density at radius 2 is 2.08 bits per heavy atom. The number of allylic oxidation sites excluding steroid dienone is 1. The number of amides is 2.